The predicted molar refractivity (Wildman–Crippen MR) is 75.9 cm³/mol. The van der Waals surface area contributed by atoms with Crippen LogP contribution in [0.3, 0.4) is 0 Å². The predicted octanol–water partition coefficient (Wildman–Crippen LogP) is 1.28. The van der Waals surface area contributed by atoms with Crippen LogP contribution in [0.5, 0.6) is 5.88 Å². The van der Waals surface area contributed by atoms with E-state index in [2.05, 4.69) is 21.1 Å². The number of rotatable bonds is 5. The van der Waals surface area contributed by atoms with Crippen molar-refractivity contribution in [2.45, 2.75) is 25.4 Å². The van der Waals surface area contributed by atoms with Gasteiger partial charge in [-0.2, -0.15) is 0 Å². The van der Waals surface area contributed by atoms with Crippen LogP contribution in [0.15, 0.2) is 18.3 Å². The van der Waals surface area contributed by atoms with E-state index in [0.29, 0.717) is 11.9 Å². The van der Waals surface area contributed by atoms with Crippen molar-refractivity contribution in [1.82, 2.24) is 15.2 Å². The molecule has 102 valence electrons. The molecular formula is C15H21N3O. The van der Waals surface area contributed by atoms with E-state index in [9.17, 15) is 0 Å². The Bertz CT molecular complexity index is 433. The molecule has 1 fully saturated rings. The van der Waals surface area contributed by atoms with Gasteiger partial charge in [-0.05, 0) is 18.9 Å². The molecule has 1 saturated heterocycles. The molecule has 0 aromatic carbocycles. The fourth-order valence-electron chi connectivity index (χ4n) is 2.42. The average Bonchev–Trinajstić information content (AvgIpc) is 2.47. The molecule has 1 aliphatic rings. The lowest BCUT2D eigenvalue weighted by molar-refractivity contribution is 0.217. The molecule has 1 aromatic rings. The van der Waals surface area contributed by atoms with Crippen LogP contribution >= 0.6 is 0 Å². The fraction of sp³-hybridized carbons (Fsp3) is 0.533. The second-order valence-corrected chi connectivity index (χ2v) is 4.81. The van der Waals surface area contributed by atoms with Crippen molar-refractivity contribution in [3.8, 4) is 18.2 Å². The summed E-state index contributed by atoms with van der Waals surface area (Å²) in [5, 5.41) is 3.58. The Morgan fingerprint density at radius 1 is 1.53 bits per heavy atom. The van der Waals surface area contributed by atoms with Gasteiger partial charge in [0.25, 0.3) is 0 Å². The van der Waals surface area contributed by atoms with E-state index in [4.69, 9.17) is 11.2 Å². The zero-order valence-corrected chi connectivity index (χ0v) is 11.4. The summed E-state index contributed by atoms with van der Waals surface area (Å²) in [6.07, 6.45) is 9.37. The number of hydrogen-bond acceptors (Lipinski definition) is 4. The number of methoxy groups -OCH3 is 1. The second-order valence-electron chi connectivity index (χ2n) is 4.81. The summed E-state index contributed by atoms with van der Waals surface area (Å²) in [4.78, 5) is 6.53. The second kappa shape index (κ2) is 7.13. The molecule has 19 heavy (non-hydrogen) atoms. The van der Waals surface area contributed by atoms with Crippen molar-refractivity contribution in [3.63, 3.8) is 0 Å². The van der Waals surface area contributed by atoms with Crippen LogP contribution in [-0.4, -0.2) is 42.7 Å². The van der Waals surface area contributed by atoms with Crippen LogP contribution < -0.4 is 10.1 Å². The van der Waals surface area contributed by atoms with Gasteiger partial charge in [0.2, 0.25) is 5.88 Å². The smallest absolute Gasteiger partial charge is 0.217 e. The van der Waals surface area contributed by atoms with Crippen LogP contribution in [0.2, 0.25) is 0 Å². The van der Waals surface area contributed by atoms with Gasteiger partial charge in [-0.1, -0.05) is 12.0 Å². The molecule has 1 aromatic heterocycles. The molecule has 4 nitrogen and oxygen atoms in total. The maximum atomic E-state index is 5.33. The SMILES string of the molecule is C#CCN1CCC(NCc2cccnc2OC)CC1. The number of nitrogens with zero attached hydrogens (tertiary/aromatic N) is 2. The summed E-state index contributed by atoms with van der Waals surface area (Å²) in [5.41, 5.74) is 1.11. The molecule has 0 amide bonds. The highest BCUT2D eigenvalue weighted by atomic mass is 16.5. The van der Waals surface area contributed by atoms with E-state index < -0.39 is 0 Å². The molecule has 0 bridgehead atoms. The Hall–Kier alpha value is -1.57. The maximum Gasteiger partial charge on any atom is 0.217 e. The van der Waals surface area contributed by atoms with Gasteiger partial charge in [0.15, 0.2) is 0 Å². The Labute approximate surface area is 115 Å². The lowest BCUT2D eigenvalue weighted by Crippen LogP contribution is -2.42. The van der Waals surface area contributed by atoms with Gasteiger partial charge >= 0.3 is 0 Å². The van der Waals surface area contributed by atoms with Crippen LogP contribution in [-0.2, 0) is 6.54 Å². The Morgan fingerprint density at radius 2 is 2.32 bits per heavy atom. The van der Waals surface area contributed by atoms with Crippen molar-refractivity contribution in [1.29, 1.82) is 0 Å². The number of pyridine rings is 1. The van der Waals surface area contributed by atoms with Crippen molar-refractivity contribution in [2.75, 3.05) is 26.7 Å². The minimum absolute atomic E-state index is 0.555. The molecular weight excluding hydrogens is 238 g/mol. The summed E-state index contributed by atoms with van der Waals surface area (Å²) < 4.78 is 5.25. The molecule has 0 spiro atoms. The third-order valence-corrected chi connectivity index (χ3v) is 3.53. The first kappa shape index (κ1) is 13.9. The highest BCUT2D eigenvalue weighted by Crippen LogP contribution is 2.15. The first-order chi connectivity index (χ1) is 9.33. The molecule has 2 rings (SSSR count). The zero-order chi connectivity index (χ0) is 13.5. The summed E-state index contributed by atoms with van der Waals surface area (Å²) in [6, 6.07) is 4.54. The van der Waals surface area contributed by atoms with Gasteiger partial charge in [0, 0.05) is 37.4 Å². The van der Waals surface area contributed by atoms with Crippen LogP contribution in [0.25, 0.3) is 0 Å². The summed E-state index contributed by atoms with van der Waals surface area (Å²) in [6.45, 7) is 3.72. The Balaban J connectivity index is 1.79. The first-order valence-electron chi connectivity index (χ1n) is 6.70. The van der Waals surface area contributed by atoms with Crippen molar-refractivity contribution in [3.05, 3.63) is 23.9 Å². The van der Waals surface area contributed by atoms with Gasteiger partial charge in [-0.25, -0.2) is 4.98 Å². The third kappa shape index (κ3) is 3.95. The van der Waals surface area contributed by atoms with Crippen molar-refractivity contribution < 1.29 is 4.74 Å². The van der Waals surface area contributed by atoms with Gasteiger partial charge < -0.3 is 10.1 Å². The quantitative estimate of drug-likeness (QED) is 0.808. The lowest BCUT2D eigenvalue weighted by atomic mass is 10.0. The highest BCUT2D eigenvalue weighted by Gasteiger charge is 2.18. The minimum Gasteiger partial charge on any atom is -0.481 e. The molecule has 4 heteroatoms. The van der Waals surface area contributed by atoms with Crippen LogP contribution in [0.1, 0.15) is 18.4 Å². The van der Waals surface area contributed by atoms with Gasteiger partial charge in [0.1, 0.15) is 0 Å². The third-order valence-electron chi connectivity index (χ3n) is 3.53. The standard InChI is InChI=1S/C15H21N3O/c1-3-9-18-10-6-14(7-11-18)17-12-13-5-4-8-16-15(13)19-2/h1,4-5,8,14,17H,6-7,9-12H2,2H3. The van der Waals surface area contributed by atoms with Gasteiger partial charge in [-0.3, -0.25) is 4.90 Å². The zero-order valence-electron chi connectivity index (χ0n) is 11.4. The molecule has 1 N–H and O–H groups in total. The minimum atomic E-state index is 0.555. The van der Waals surface area contributed by atoms with Gasteiger partial charge in [-0.15, -0.1) is 6.42 Å². The number of nitrogens with one attached hydrogen (secondary N) is 1. The highest BCUT2D eigenvalue weighted by molar-refractivity contribution is 5.25. The van der Waals surface area contributed by atoms with Crippen molar-refractivity contribution in [2.24, 2.45) is 0 Å². The topological polar surface area (TPSA) is 37.4 Å². The number of likely N-dealkylation sites (tertiary alicyclic amines) is 1. The van der Waals surface area contributed by atoms with E-state index in [1.807, 2.05) is 12.1 Å². The largest absolute Gasteiger partial charge is 0.481 e. The van der Waals surface area contributed by atoms with E-state index in [1.165, 1.54) is 0 Å². The normalized spacial score (nSPS) is 17.1. The first-order valence-corrected chi connectivity index (χ1v) is 6.70. The van der Waals surface area contributed by atoms with E-state index in [1.54, 1.807) is 13.3 Å². The van der Waals surface area contributed by atoms with Crippen LogP contribution in [0.4, 0.5) is 0 Å². The lowest BCUT2D eigenvalue weighted by Gasteiger charge is -2.31. The molecule has 0 aliphatic carbocycles. The number of terminal acetylenes is 1. The summed E-state index contributed by atoms with van der Waals surface area (Å²) >= 11 is 0. The number of aromatic nitrogens is 1. The number of piperidine rings is 1. The van der Waals surface area contributed by atoms with E-state index in [-0.39, 0.29) is 0 Å². The molecule has 1 aliphatic heterocycles. The number of ether oxygens (including phenoxy) is 1. The molecule has 0 radical (unpaired) electrons. The molecule has 0 saturated carbocycles. The monoisotopic (exact) mass is 259 g/mol. The van der Waals surface area contributed by atoms with E-state index in [0.717, 1.165) is 44.6 Å². The van der Waals surface area contributed by atoms with Crippen LogP contribution in [0, 0.1) is 12.3 Å². The molecule has 0 atom stereocenters. The van der Waals surface area contributed by atoms with E-state index >= 15 is 0 Å². The Morgan fingerprint density at radius 3 is 3.00 bits per heavy atom. The molecule has 0 unspecified atom stereocenters. The maximum absolute atomic E-state index is 5.33. The van der Waals surface area contributed by atoms with Crippen molar-refractivity contribution >= 4 is 0 Å². The summed E-state index contributed by atoms with van der Waals surface area (Å²) in [7, 11) is 1.66. The fourth-order valence-corrected chi connectivity index (χ4v) is 2.42. The number of hydrogen-bond donors (Lipinski definition) is 1. The molecule has 2 heterocycles. The average molecular weight is 259 g/mol. The van der Waals surface area contributed by atoms with Gasteiger partial charge in [0.05, 0.1) is 13.7 Å². The summed E-state index contributed by atoms with van der Waals surface area (Å²) in [5.74, 6) is 3.41. The Kier molecular flexibility index (Phi) is 5.20.